The number of aromatic nitrogens is 5. The minimum absolute atomic E-state index is 0.688. The van der Waals surface area contributed by atoms with Crippen molar-refractivity contribution in [2.75, 3.05) is 0 Å². The lowest BCUT2D eigenvalue weighted by atomic mass is 9.97. The van der Waals surface area contributed by atoms with E-state index in [4.69, 9.17) is 15.0 Å². The molecule has 0 radical (unpaired) electrons. The molecule has 9 aromatic rings. The molecular weight excluding hydrogens is 595 g/mol. The fraction of sp³-hybridized carbons (Fsp3) is 0. The van der Waals surface area contributed by atoms with Gasteiger partial charge >= 0.3 is 0 Å². The summed E-state index contributed by atoms with van der Waals surface area (Å²) in [6.07, 6.45) is 0. The van der Waals surface area contributed by atoms with Gasteiger partial charge in [0.15, 0.2) is 5.82 Å². The summed E-state index contributed by atoms with van der Waals surface area (Å²) in [7, 11) is 0. The SMILES string of the molecule is c1ccc(-c2ccc(-c3nc(-c4ccccc4)cc(-c4ccc(-c5nc6ccccc6c6c5ccc5nsnc56)cc4)n3)cc2)cc1. The summed E-state index contributed by atoms with van der Waals surface area (Å²) < 4.78 is 9.16. The predicted octanol–water partition coefficient (Wildman–Crippen LogP) is 10.5. The third-order valence-corrected chi connectivity index (χ3v) is 9.13. The van der Waals surface area contributed by atoms with Crippen molar-refractivity contribution in [3.63, 3.8) is 0 Å². The molecule has 5 nitrogen and oxygen atoms in total. The van der Waals surface area contributed by atoms with Crippen LogP contribution in [0.4, 0.5) is 0 Å². The van der Waals surface area contributed by atoms with E-state index in [2.05, 4.69) is 118 Å². The molecule has 0 saturated heterocycles. The average Bonchev–Trinajstić information content (AvgIpc) is 3.65. The van der Waals surface area contributed by atoms with Gasteiger partial charge in [-0.25, -0.2) is 15.0 Å². The molecule has 0 saturated carbocycles. The molecule has 0 amide bonds. The van der Waals surface area contributed by atoms with Crippen molar-refractivity contribution in [3.8, 4) is 56.3 Å². The minimum atomic E-state index is 0.688. The number of hydrogen-bond donors (Lipinski definition) is 0. The van der Waals surface area contributed by atoms with Crippen molar-refractivity contribution in [1.29, 1.82) is 0 Å². The first-order chi connectivity index (χ1) is 23.3. The Hall–Kier alpha value is -6.11. The Morgan fingerprint density at radius 3 is 1.70 bits per heavy atom. The Morgan fingerprint density at radius 1 is 0.383 bits per heavy atom. The van der Waals surface area contributed by atoms with Crippen LogP contribution in [-0.4, -0.2) is 23.7 Å². The molecule has 0 spiro atoms. The van der Waals surface area contributed by atoms with E-state index in [0.717, 1.165) is 77.6 Å². The number of rotatable bonds is 5. The number of benzene rings is 6. The van der Waals surface area contributed by atoms with Gasteiger partial charge in [0.2, 0.25) is 0 Å². The second-order valence-corrected chi connectivity index (χ2v) is 12.0. The van der Waals surface area contributed by atoms with Crippen molar-refractivity contribution in [1.82, 2.24) is 23.7 Å². The fourth-order valence-corrected chi connectivity index (χ4v) is 6.77. The van der Waals surface area contributed by atoms with Crippen LogP contribution in [0.5, 0.6) is 0 Å². The maximum absolute atomic E-state index is 5.13. The molecule has 0 unspecified atom stereocenters. The molecule has 3 heterocycles. The van der Waals surface area contributed by atoms with Gasteiger partial charge in [-0.3, -0.25) is 0 Å². The molecule has 47 heavy (non-hydrogen) atoms. The normalized spacial score (nSPS) is 11.4. The van der Waals surface area contributed by atoms with Crippen LogP contribution in [0.1, 0.15) is 0 Å². The summed E-state index contributed by atoms with van der Waals surface area (Å²) in [5, 5.41) is 3.23. The van der Waals surface area contributed by atoms with Crippen molar-refractivity contribution >= 4 is 44.4 Å². The highest BCUT2D eigenvalue weighted by molar-refractivity contribution is 7.00. The molecule has 0 aliphatic carbocycles. The van der Waals surface area contributed by atoms with Gasteiger partial charge in [-0.2, -0.15) is 8.75 Å². The lowest BCUT2D eigenvalue weighted by molar-refractivity contribution is 1.18. The highest BCUT2D eigenvalue weighted by atomic mass is 32.1. The highest BCUT2D eigenvalue weighted by Crippen LogP contribution is 2.37. The zero-order chi connectivity index (χ0) is 31.2. The van der Waals surface area contributed by atoms with E-state index in [1.807, 2.05) is 42.5 Å². The summed E-state index contributed by atoms with van der Waals surface area (Å²) in [6, 6.07) is 52.1. The van der Waals surface area contributed by atoms with E-state index in [-0.39, 0.29) is 0 Å². The monoisotopic (exact) mass is 619 g/mol. The standard InChI is InChI=1S/C41H25N5S/c1-3-9-26(10-4-1)27-15-21-31(22-16-27)41-43-36(28-11-5-2-6-12-28)25-37(44-41)29-17-19-30(20-18-29)39-33-23-24-35-40(46-47-45-35)38(33)32-13-7-8-14-34(32)42-39/h1-25H. The van der Waals surface area contributed by atoms with E-state index in [1.165, 1.54) is 17.3 Å². The van der Waals surface area contributed by atoms with Crippen LogP contribution in [0, 0.1) is 0 Å². The molecule has 6 aromatic carbocycles. The van der Waals surface area contributed by atoms with Crippen LogP contribution >= 0.6 is 11.7 Å². The second-order valence-electron chi connectivity index (χ2n) is 11.4. The Labute approximate surface area is 275 Å². The summed E-state index contributed by atoms with van der Waals surface area (Å²) in [6.45, 7) is 0. The van der Waals surface area contributed by atoms with Crippen molar-refractivity contribution in [2.24, 2.45) is 0 Å². The van der Waals surface area contributed by atoms with Gasteiger partial charge in [0.1, 0.15) is 11.0 Å². The van der Waals surface area contributed by atoms with Crippen LogP contribution in [0.15, 0.2) is 152 Å². The molecule has 9 rings (SSSR count). The molecular formula is C41H25N5S. The van der Waals surface area contributed by atoms with E-state index in [1.54, 1.807) is 0 Å². The zero-order valence-corrected chi connectivity index (χ0v) is 25.9. The molecule has 0 aliphatic heterocycles. The topological polar surface area (TPSA) is 64.5 Å². The molecule has 0 fully saturated rings. The lowest BCUT2D eigenvalue weighted by Crippen LogP contribution is -1.96. The van der Waals surface area contributed by atoms with Gasteiger partial charge in [-0.1, -0.05) is 127 Å². The molecule has 6 heteroatoms. The number of hydrogen-bond acceptors (Lipinski definition) is 6. The van der Waals surface area contributed by atoms with Crippen LogP contribution in [-0.2, 0) is 0 Å². The third-order valence-electron chi connectivity index (χ3n) is 8.59. The highest BCUT2D eigenvalue weighted by Gasteiger charge is 2.16. The minimum Gasteiger partial charge on any atom is -0.247 e. The molecule has 3 aromatic heterocycles. The summed E-state index contributed by atoms with van der Waals surface area (Å²) in [5.41, 5.74) is 11.8. The molecule has 220 valence electrons. The summed E-state index contributed by atoms with van der Waals surface area (Å²) in [4.78, 5) is 15.2. The van der Waals surface area contributed by atoms with Gasteiger partial charge in [0.25, 0.3) is 0 Å². The molecule has 0 N–H and O–H groups in total. The van der Waals surface area contributed by atoms with Gasteiger partial charge in [-0.05, 0) is 35.4 Å². The quantitative estimate of drug-likeness (QED) is 0.179. The maximum Gasteiger partial charge on any atom is 0.160 e. The number of fused-ring (bicyclic) bond motifs is 5. The lowest BCUT2D eigenvalue weighted by Gasteiger charge is -2.12. The number of nitrogens with zero attached hydrogens (tertiary/aromatic N) is 5. The van der Waals surface area contributed by atoms with E-state index < -0.39 is 0 Å². The molecule has 0 aliphatic rings. The van der Waals surface area contributed by atoms with Gasteiger partial charge in [-0.15, -0.1) is 0 Å². The fourth-order valence-electron chi connectivity index (χ4n) is 6.23. The third kappa shape index (κ3) is 4.92. The molecule has 0 atom stereocenters. The van der Waals surface area contributed by atoms with Crippen LogP contribution in [0.25, 0.3) is 89.0 Å². The van der Waals surface area contributed by atoms with Crippen molar-refractivity contribution in [2.45, 2.75) is 0 Å². The Bertz CT molecular complexity index is 2540. The van der Waals surface area contributed by atoms with Crippen LogP contribution in [0.3, 0.4) is 0 Å². The number of para-hydroxylation sites is 1. The largest absolute Gasteiger partial charge is 0.247 e. The summed E-state index contributed by atoms with van der Waals surface area (Å²) >= 11 is 1.24. The first-order valence-corrected chi connectivity index (χ1v) is 16.2. The Kier molecular flexibility index (Phi) is 6.58. The Balaban J connectivity index is 1.15. The average molecular weight is 620 g/mol. The first-order valence-electron chi connectivity index (χ1n) is 15.4. The van der Waals surface area contributed by atoms with Crippen LogP contribution in [0.2, 0.25) is 0 Å². The van der Waals surface area contributed by atoms with Crippen molar-refractivity contribution in [3.05, 3.63) is 152 Å². The first kappa shape index (κ1) is 27.2. The van der Waals surface area contributed by atoms with E-state index >= 15 is 0 Å². The summed E-state index contributed by atoms with van der Waals surface area (Å²) in [5.74, 6) is 0.688. The number of pyridine rings is 1. The predicted molar refractivity (Wildman–Crippen MR) is 193 cm³/mol. The van der Waals surface area contributed by atoms with E-state index in [9.17, 15) is 0 Å². The van der Waals surface area contributed by atoms with Crippen LogP contribution < -0.4 is 0 Å². The second kappa shape index (κ2) is 11.4. The van der Waals surface area contributed by atoms with Crippen molar-refractivity contribution < 1.29 is 0 Å². The van der Waals surface area contributed by atoms with E-state index in [0.29, 0.717) is 5.82 Å². The Morgan fingerprint density at radius 2 is 0.957 bits per heavy atom. The molecule has 0 bridgehead atoms. The smallest absolute Gasteiger partial charge is 0.160 e. The zero-order valence-electron chi connectivity index (χ0n) is 25.1. The van der Waals surface area contributed by atoms with Gasteiger partial charge in [0, 0.05) is 38.4 Å². The van der Waals surface area contributed by atoms with Gasteiger partial charge < -0.3 is 0 Å². The maximum atomic E-state index is 5.13. The van der Waals surface area contributed by atoms with Gasteiger partial charge in [0.05, 0.1) is 34.3 Å².